The van der Waals surface area contributed by atoms with Crippen LogP contribution < -0.4 is 10.6 Å². The van der Waals surface area contributed by atoms with Gasteiger partial charge in [0, 0.05) is 24.8 Å². The second-order valence-electron chi connectivity index (χ2n) is 5.62. The number of amides is 1. The molecule has 0 radical (unpaired) electrons. The van der Waals surface area contributed by atoms with E-state index in [1.165, 1.54) is 0 Å². The van der Waals surface area contributed by atoms with Gasteiger partial charge >= 0.3 is 0 Å². The summed E-state index contributed by atoms with van der Waals surface area (Å²) in [6, 6.07) is 0. The summed E-state index contributed by atoms with van der Waals surface area (Å²) >= 11 is 0. The predicted molar refractivity (Wildman–Crippen MR) is 82.6 cm³/mol. The molecule has 0 bridgehead atoms. The van der Waals surface area contributed by atoms with Crippen LogP contribution in [-0.4, -0.2) is 35.7 Å². The van der Waals surface area contributed by atoms with Gasteiger partial charge in [-0.25, -0.2) is 0 Å². The fourth-order valence-corrected chi connectivity index (χ4v) is 2.33. The van der Waals surface area contributed by atoms with Crippen molar-refractivity contribution in [2.45, 2.75) is 45.4 Å². The van der Waals surface area contributed by atoms with Gasteiger partial charge in [0.15, 0.2) is 5.82 Å². The molecule has 0 saturated carbocycles. The van der Waals surface area contributed by atoms with Crippen LogP contribution in [0, 0.1) is 5.92 Å². The molecule has 2 N–H and O–H groups in total. The third kappa shape index (κ3) is 5.63. The van der Waals surface area contributed by atoms with Gasteiger partial charge < -0.3 is 15.2 Å². The molecule has 1 aromatic rings. The predicted octanol–water partition coefficient (Wildman–Crippen LogP) is 1.66. The zero-order valence-corrected chi connectivity index (χ0v) is 13.5. The van der Waals surface area contributed by atoms with Gasteiger partial charge in [-0.3, -0.25) is 4.79 Å². The van der Waals surface area contributed by atoms with E-state index >= 15 is 0 Å². The van der Waals surface area contributed by atoms with Crippen molar-refractivity contribution < 1.29 is 9.32 Å². The van der Waals surface area contributed by atoms with Gasteiger partial charge in [-0.2, -0.15) is 4.98 Å². The molecule has 0 aliphatic carbocycles. The van der Waals surface area contributed by atoms with Crippen LogP contribution in [0.1, 0.15) is 50.7 Å². The number of hydrogen-bond donors (Lipinski definition) is 2. The van der Waals surface area contributed by atoms with Crippen LogP contribution in [0.2, 0.25) is 0 Å². The number of carbonyl (C=O) groups excluding carboxylic acids is 1. The van der Waals surface area contributed by atoms with Crippen molar-refractivity contribution in [3.63, 3.8) is 0 Å². The first-order chi connectivity index (χ1) is 9.66. The second-order valence-corrected chi connectivity index (χ2v) is 5.62. The van der Waals surface area contributed by atoms with Gasteiger partial charge in [0.05, 0.1) is 0 Å². The molecule has 1 aromatic heterocycles. The summed E-state index contributed by atoms with van der Waals surface area (Å²) in [5.74, 6) is 1.85. The number of nitrogens with one attached hydrogen (secondary N) is 2. The van der Waals surface area contributed by atoms with Crippen LogP contribution in [-0.2, 0) is 11.2 Å². The highest BCUT2D eigenvalue weighted by Gasteiger charge is 2.19. The molecule has 21 heavy (non-hydrogen) atoms. The number of rotatable bonds is 5. The van der Waals surface area contributed by atoms with Crippen molar-refractivity contribution in [3.05, 3.63) is 11.7 Å². The molecular weight excluding hydrogens is 292 g/mol. The summed E-state index contributed by atoms with van der Waals surface area (Å²) in [7, 11) is 0. The van der Waals surface area contributed by atoms with Crippen LogP contribution in [0.25, 0.3) is 0 Å². The standard InChI is InChI=1S/C14H24N4O2.ClH/c1-10(2)14-17-12(18-20-14)6-9-16-13(19)11-4-3-7-15-8-5-11;/h10-11,15H,3-9H2,1-2H3,(H,16,19);1H. The first kappa shape index (κ1) is 17.9. The van der Waals surface area contributed by atoms with E-state index in [1.54, 1.807) is 0 Å². The van der Waals surface area contributed by atoms with Crippen molar-refractivity contribution in [2.75, 3.05) is 19.6 Å². The summed E-state index contributed by atoms with van der Waals surface area (Å²) in [6.07, 6.45) is 3.58. The lowest BCUT2D eigenvalue weighted by Crippen LogP contribution is -2.32. The minimum atomic E-state index is 0. The summed E-state index contributed by atoms with van der Waals surface area (Å²) < 4.78 is 5.13. The highest BCUT2D eigenvalue weighted by Crippen LogP contribution is 2.13. The van der Waals surface area contributed by atoms with Gasteiger partial charge in [0.2, 0.25) is 11.8 Å². The summed E-state index contributed by atoms with van der Waals surface area (Å²) in [5, 5.41) is 10.2. The Labute approximate surface area is 131 Å². The topological polar surface area (TPSA) is 80.0 Å². The Bertz CT molecular complexity index is 428. The number of aromatic nitrogens is 2. The second kappa shape index (κ2) is 9.00. The van der Waals surface area contributed by atoms with Crippen LogP contribution in [0.4, 0.5) is 0 Å². The average Bonchev–Trinajstić information content (AvgIpc) is 2.73. The van der Waals surface area contributed by atoms with Crippen LogP contribution >= 0.6 is 12.4 Å². The molecule has 0 spiro atoms. The van der Waals surface area contributed by atoms with Crippen molar-refractivity contribution in [1.82, 2.24) is 20.8 Å². The molecule has 0 aromatic carbocycles. The van der Waals surface area contributed by atoms with Gasteiger partial charge in [-0.05, 0) is 32.4 Å². The summed E-state index contributed by atoms with van der Waals surface area (Å²) in [4.78, 5) is 16.3. The molecular formula is C14H25ClN4O2. The molecule has 6 nitrogen and oxygen atoms in total. The number of carbonyl (C=O) groups is 1. The lowest BCUT2D eigenvalue weighted by atomic mass is 10.00. The minimum absolute atomic E-state index is 0. The van der Waals surface area contributed by atoms with E-state index in [1.807, 2.05) is 13.8 Å². The average molecular weight is 317 g/mol. The van der Waals surface area contributed by atoms with Gasteiger partial charge in [0.25, 0.3) is 0 Å². The Morgan fingerprint density at radius 1 is 1.43 bits per heavy atom. The molecule has 120 valence electrons. The van der Waals surface area contributed by atoms with Gasteiger partial charge in [-0.1, -0.05) is 19.0 Å². The summed E-state index contributed by atoms with van der Waals surface area (Å²) in [6.45, 7) is 6.55. The van der Waals surface area contributed by atoms with Crippen LogP contribution in [0.15, 0.2) is 4.52 Å². The van der Waals surface area contributed by atoms with E-state index < -0.39 is 0 Å². The molecule has 2 heterocycles. The largest absolute Gasteiger partial charge is 0.355 e. The third-order valence-electron chi connectivity index (χ3n) is 3.57. The number of halogens is 1. The lowest BCUT2D eigenvalue weighted by Gasteiger charge is -2.13. The maximum absolute atomic E-state index is 12.1. The quantitative estimate of drug-likeness (QED) is 0.863. The first-order valence-corrected chi connectivity index (χ1v) is 7.47. The lowest BCUT2D eigenvalue weighted by molar-refractivity contribution is -0.125. The Balaban J connectivity index is 0.00000220. The maximum atomic E-state index is 12.1. The molecule has 2 rings (SSSR count). The Hall–Kier alpha value is -1.14. The van der Waals surface area contributed by atoms with Crippen molar-refractivity contribution in [2.24, 2.45) is 5.92 Å². The molecule has 1 atom stereocenters. The normalized spacial score (nSPS) is 18.9. The molecule has 1 amide bonds. The Morgan fingerprint density at radius 3 is 2.95 bits per heavy atom. The van der Waals surface area contributed by atoms with Crippen molar-refractivity contribution >= 4 is 18.3 Å². The van der Waals surface area contributed by atoms with Gasteiger partial charge in [-0.15, -0.1) is 12.4 Å². The molecule has 7 heteroatoms. The van der Waals surface area contributed by atoms with E-state index in [-0.39, 0.29) is 30.2 Å². The minimum Gasteiger partial charge on any atom is -0.355 e. The zero-order chi connectivity index (χ0) is 14.4. The number of hydrogen-bond acceptors (Lipinski definition) is 5. The van der Waals surface area contributed by atoms with Crippen LogP contribution in [0.5, 0.6) is 0 Å². The van der Waals surface area contributed by atoms with Gasteiger partial charge in [0.1, 0.15) is 0 Å². The zero-order valence-electron chi connectivity index (χ0n) is 12.7. The highest BCUT2D eigenvalue weighted by atomic mass is 35.5. The van der Waals surface area contributed by atoms with E-state index in [9.17, 15) is 4.79 Å². The number of nitrogens with zero attached hydrogens (tertiary/aromatic N) is 2. The van der Waals surface area contributed by atoms with E-state index in [2.05, 4.69) is 20.8 Å². The van der Waals surface area contributed by atoms with E-state index in [4.69, 9.17) is 4.52 Å². The Morgan fingerprint density at radius 2 is 2.24 bits per heavy atom. The van der Waals surface area contributed by atoms with Crippen molar-refractivity contribution in [3.8, 4) is 0 Å². The third-order valence-corrected chi connectivity index (χ3v) is 3.57. The first-order valence-electron chi connectivity index (χ1n) is 7.47. The Kier molecular flexibility index (Phi) is 7.67. The smallest absolute Gasteiger partial charge is 0.229 e. The molecule has 1 fully saturated rings. The monoisotopic (exact) mass is 316 g/mol. The maximum Gasteiger partial charge on any atom is 0.229 e. The van der Waals surface area contributed by atoms with Crippen molar-refractivity contribution in [1.29, 1.82) is 0 Å². The van der Waals surface area contributed by atoms with Crippen LogP contribution in [0.3, 0.4) is 0 Å². The molecule has 1 aliphatic rings. The van der Waals surface area contributed by atoms with E-state index in [0.29, 0.717) is 24.7 Å². The van der Waals surface area contributed by atoms with E-state index in [0.717, 1.165) is 32.4 Å². The fourth-order valence-electron chi connectivity index (χ4n) is 2.33. The highest BCUT2D eigenvalue weighted by molar-refractivity contribution is 5.85. The fraction of sp³-hybridized carbons (Fsp3) is 0.786. The molecule has 1 aliphatic heterocycles. The SMILES string of the molecule is CC(C)c1nc(CCNC(=O)C2CCCNCC2)no1.Cl. The molecule has 1 unspecified atom stereocenters. The summed E-state index contributed by atoms with van der Waals surface area (Å²) in [5.41, 5.74) is 0. The molecule has 1 saturated heterocycles.